The molecule has 0 saturated carbocycles. The molecule has 5 aromatic rings. The van der Waals surface area contributed by atoms with E-state index in [0.29, 0.717) is 0 Å². The van der Waals surface area contributed by atoms with E-state index in [0.717, 1.165) is 43.3 Å². The molecule has 3 heterocycles. The van der Waals surface area contributed by atoms with Gasteiger partial charge in [-0.2, -0.15) is 0 Å². The zero-order valence-electron chi connectivity index (χ0n) is 12.0. The fraction of sp³-hybridized carbons (Fsp3) is 0. The maximum Gasteiger partial charge on any atom is 0.149 e. The maximum atomic E-state index is 5.96. The van der Waals surface area contributed by atoms with Crippen molar-refractivity contribution in [2.75, 3.05) is 0 Å². The lowest BCUT2D eigenvalue weighted by Crippen LogP contribution is -1.79. The second-order valence-electron chi connectivity index (χ2n) is 5.53. The number of para-hydroxylation sites is 1. The van der Waals surface area contributed by atoms with Crippen LogP contribution in [0.25, 0.3) is 38.8 Å². The largest absolute Gasteiger partial charge is 0.455 e. The summed E-state index contributed by atoms with van der Waals surface area (Å²) in [4.78, 5) is 4.71. The molecule has 0 fully saturated rings. The van der Waals surface area contributed by atoms with E-state index in [4.69, 9.17) is 9.40 Å². The molecule has 0 atom stereocenters. The number of benzene rings is 2. The topological polar surface area (TPSA) is 30.4 Å². The molecule has 0 amide bonds. The zero-order chi connectivity index (χ0) is 15.4. The second-order valence-corrected chi connectivity index (χ2v) is 6.38. The summed E-state index contributed by atoms with van der Waals surface area (Å²) >= 11 is 3.64. The first-order valence-electron chi connectivity index (χ1n) is 7.34. The Hall–Kier alpha value is -2.59. The Morgan fingerprint density at radius 3 is 2.74 bits per heavy atom. The summed E-state index contributed by atoms with van der Waals surface area (Å²) in [5.74, 6) is 0. The number of nitrogens with zero attached hydrogens (tertiary/aromatic N) is 2. The molecule has 4 heteroatoms. The highest BCUT2D eigenvalue weighted by atomic mass is 79.9. The molecule has 3 nitrogen and oxygen atoms in total. The van der Waals surface area contributed by atoms with Crippen LogP contribution in [0.5, 0.6) is 0 Å². The maximum absolute atomic E-state index is 5.96. The lowest BCUT2D eigenvalue weighted by molar-refractivity contribution is 0.667. The van der Waals surface area contributed by atoms with E-state index in [2.05, 4.69) is 34.1 Å². The number of hydrogen-bond donors (Lipinski definition) is 0. The predicted molar refractivity (Wildman–Crippen MR) is 95.6 cm³/mol. The van der Waals surface area contributed by atoms with Crippen molar-refractivity contribution < 1.29 is 4.42 Å². The molecule has 3 aromatic heterocycles. The Balaban J connectivity index is 1.82. The third kappa shape index (κ3) is 1.92. The summed E-state index contributed by atoms with van der Waals surface area (Å²) < 4.78 is 8.93. The number of pyridine rings is 1. The minimum Gasteiger partial charge on any atom is -0.455 e. The summed E-state index contributed by atoms with van der Waals surface area (Å²) in [7, 11) is 0. The Morgan fingerprint density at radius 1 is 0.957 bits per heavy atom. The first-order chi connectivity index (χ1) is 11.3. The van der Waals surface area contributed by atoms with Crippen LogP contribution in [0.3, 0.4) is 0 Å². The molecule has 23 heavy (non-hydrogen) atoms. The average molecular weight is 363 g/mol. The molecule has 0 bridgehead atoms. The van der Waals surface area contributed by atoms with Crippen molar-refractivity contribution in [2.24, 2.45) is 0 Å². The van der Waals surface area contributed by atoms with Crippen LogP contribution in [-0.4, -0.2) is 9.38 Å². The van der Waals surface area contributed by atoms with Crippen molar-refractivity contribution in [3.8, 4) is 11.3 Å². The number of aromatic nitrogens is 2. The number of hydrogen-bond acceptors (Lipinski definition) is 2. The normalized spacial score (nSPS) is 11.7. The van der Waals surface area contributed by atoms with Crippen LogP contribution in [0.1, 0.15) is 0 Å². The van der Waals surface area contributed by atoms with Crippen LogP contribution < -0.4 is 0 Å². The SMILES string of the molecule is Brc1cc(-c2cn3ccccc3n2)cc2c1oc1ccccc12. The van der Waals surface area contributed by atoms with E-state index in [1.807, 2.05) is 53.2 Å². The molecule has 0 radical (unpaired) electrons. The van der Waals surface area contributed by atoms with E-state index < -0.39 is 0 Å². The van der Waals surface area contributed by atoms with Crippen molar-refractivity contribution in [1.29, 1.82) is 0 Å². The molecule has 0 saturated heterocycles. The molecule has 2 aromatic carbocycles. The van der Waals surface area contributed by atoms with Gasteiger partial charge in [0.1, 0.15) is 16.8 Å². The van der Waals surface area contributed by atoms with Crippen molar-refractivity contribution in [3.63, 3.8) is 0 Å². The first-order valence-corrected chi connectivity index (χ1v) is 8.14. The number of furan rings is 1. The van der Waals surface area contributed by atoms with Gasteiger partial charge in [0.05, 0.1) is 10.2 Å². The molecule has 0 aliphatic carbocycles. The van der Waals surface area contributed by atoms with Gasteiger partial charge in [-0.25, -0.2) is 4.98 Å². The summed E-state index contributed by atoms with van der Waals surface area (Å²) in [6, 6.07) is 18.3. The van der Waals surface area contributed by atoms with Gasteiger partial charge in [0, 0.05) is 28.7 Å². The van der Waals surface area contributed by atoms with Crippen LogP contribution >= 0.6 is 15.9 Å². The van der Waals surface area contributed by atoms with E-state index in [9.17, 15) is 0 Å². The lowest BCUT2D eigenvalue weighted by Gasteiger charge is -1.99. The standard InChI is InChI=1S/C19H11BrN2O/c20-15-10-12(16-11-22-8-4-3-7-18(22)21-16)9-14-13-5-1-2-6-17(13)23-19(14)15/h1-11H. The highest BCUT2D eigenvalue weighted by Crippen LogP contribution is 2.37. The van der Waals surface area contributed by atoms with Crippen molar-refractivity contribution in [2.45, 2.75) is 0 Å². The number of fused-ring (bicyclic) bond motifs is 4. The van der Waals surface area contributed by atoms with Crippen molar-refractivity contribution in [1.82, 2.24) is 9.38 Å². The molecular weight excluding hydrogens is 352 g/mol. The van der Waals surface area contributed by atoms with E-state index in [1.54, 1.807) is 0 Å². The highest BCUT2D eigenvalue weighted by Gasteiger charge is 2.13. The number of rotatable bonds is 1. The summed E-state index contributed by atoms with van der Waals surface area (Å²) in [5, 5.41) is 2.22. The molecule has 0 spiro atoms. The van der Waals surface area contributed by atoms with Crippen LogP contribution in [-0.2, 0) is 0 Å². The van der Waals surface area contributed by atoms with Gasteiger partial charge in [0.2, 0.25) is 0 Å². The van der Waals surface area contributed by atoms with Gasteiger partial charge in [0.25, 0.3) is 0 Å². The summed E-state index contributed by atoms with van der Waals surface area (Å²) in [6.45, 7) is 0. The van der Waals surface area contributed by atoms with Gasteiger partial charge in [0.15, 0.2) is 0 Å². The van der Waals surface area contributed by atoms with Gasteiger partial charge in [-0.15, -0.1) is 0 Å². The molecular formula is C19H11BrN2O. The van der Waals surface area contributed by atoms with E-state index in [1.165, 1.54) is 0 Å². The molecule has 0 aliphatic heterocycles. The van der Waals surface area contributed by atoms with E-state index in [-0.39, 0.29) is 0 Å². The lowest BCUT2D eigenvalue weighted by atomic mass is 10.1. The quantitative estimate of drug-likeness (QED) is 0.385. The molecule has 0 unspecified atom stereocenters. The van der Waals surface area contributed by atoms with Crippen LogP contribution in [0, 0.1) is 0 Å². The number of halogens is 1. The molecule has 110 valence electrons. The fourth-order valence-electron chi connectivity index (χ4n) is 3.01. The van der Waals surface area contributed by atoms with Gasteiger partial charge in [-0.3, -0.25) is 0 Å². The monoisotopic (exact) mass is 362 g/mol. The predicted octanol–water partition coefficient (Wildman–Crippen LogP) is 5.66. The van der Waals surface area contributed by atoms with Crippen LogP contribution in [0.4, 0.5) is 0 Å². The Morgan fingerprint density at radius 2 is 1.83 bits per heavy atom. The second kappa shape index (κ2) is 4.70. The Kier molecular flexibility index (Phi) is 2.64. The Labute approximate surface area is 140 Å². The molecule has 0 aliphatic rings. The van der Waals surface area contributed by atoms with Gasteiger partial charge in [-0.05, 0) is 46.3 Å². The summed E-state index contributed by atoms with van der Waals surface area (Å²) in [5.41, 5.74) is 4.73. The third-order valence-corrected chi connectivity index (χ3v) is 4.68. The Bertz CT molecular complexity index is 1150. The first kappa shape index (κ1) is 12.9. The molecule has 5 rings (SSSR count). The minimum atomic E-state index is 0.874. The zero-order valence-corrected chi connectivity index (χ0v) is 13.6. The summed E-state index contributed by atoms with van der Waals surface area (Å²) in [6.07, 6.45) is 4.05. The molecule has 0 N–H and O–H groups in total. The average Bonchev–Trinajstić information content (AvgIpc) is 3.16. The van der Waals surface area contributed by atoms with Gasteiger partial charge >= 0.3 is 0 Å². The van der Waals surface area contributed by atoms with Crippen LogP contribution in [0.2, 0.25) is 0 Å². The number of imidazole rings is 1. The van der Waals surface area contributed by atoms with Crippen LogP contribution in [0.15, 0.2) is 75.9 Å². The third-order valence-electron chi connectivity index (χ3n) is 4.09. The fourth-order valence-corrected chi connectivity index (χ4v) is 3.55. The van der Waals surface area contributed by atoms with Crippen molar-refractivity contribution in [3.05, 3.63) is 71.5 Å². The van der Waals surface area contributed by atoms with Gasteiger partial charge in [-0.1, -0.05) is 24.3 Å². The smallest absolute Gasteiger partial charge is 0.149 e. The van der Waals surface area contributed by atoms with Crippen molar-refractivity contribution >= 4 is 43.5 Å². The van der Waals surface area contributed by atoms with Gasteiger partial charge < -0.3 is 8.82 Å². The van der Waals surface area contributed by atoms with E-state index >= 15 is 0 Å². The minimum absolute atomic E-state index is 0.874. The highest BCUT2D eigenvalue weighted by molar-refractivity contribution is 9.10.